The standard InChI is InChI=1S/C11H24.2C6H14/c1-4-7-8-10-11(6-3)9-5-2;2*1-4-6(3)5-2/h11H,4-10H2,1-3H3;2*6H,4-5H2,1-3H3. The summed E-state index contributed by atoms with van der Waals surface area (Å²) in [6, 6.07) is 0. The molecule has 0 saturated carbocycles. The summed E-state index contributed by atoms with van der Waals surface area (Å²) < 4.78 is 0. The molecule has 0 saturated heterocycles. The highest BCUT2D eigenvalue weighted by Crippen LogP contribution is 2.18. The summed E-state index contributed by atoms with van der Waals surface area (Å²) in [5.41, 5.74) is 0. The molecule has 1 unspecified atom stereocenters. The number of hydrogen-bond acceptors (Lipinski definition) is 0. The van der Waals surface area contributed by atoms with Crippen LogP contribution in [0.15, 0.2) is 0 Å². The minimum atomic E-state index is 0.935. The zero-order valence-corrected chi connectivity index (χ0v) is 18.5. The topological polar surface area (TPSA) is 0 Å². The fraction of sp³-hybridized carbons (Fsp3) is 1.00. The van der Waals surface area contributed by atoms with Gasteiger partial charge in [0, 0.05) is 0 Å². The first-order valence-electron chi connectivity index (χ1n) is 11.0. The Balaban J connectivity index is -0.000000284. The Kier molecular flexibility index (Phi) is 29.3. The molecule has 0 aromatic heterocycles. The predicted octanol–water partition coefficient (Wildman–Crippen LogP) is 9.28. The number of hydrogen-bond donors (Lipinski definition) is 0. The van der Waals surface area contributed by atoms with Gasteiger partial charge in [0.25, 0.3) is 0 Å². The van der Waals surface area contributed by atoms with Crippen LogP contribution in [0.5, 0.6) is 0 Å². The Hall–Kier alpha value is 0. The highest BCUT2D eigenvalue weighted by molar-refractivity contribution is 4.56. The van der Waals surface area contributed by atoms with E-state index in [0.29, 0.717) is 0 Å². The van der Waals surface area contributed by atoms with E-state index in [1.54, 1.807) is 0 Å². The molecule has 0 aliphatic rings. The van der Waals surface area contributed by atoms with Crippen molar-refractivity contribution < 1.29 is 0 Å². The Bertz CT molecular complexity index is 155. The van der Waals surface area contributed by atoms with Crippen LogP contribution < -0.4 is 0 Å². The van der Waals surface area contributed by atoms with E-state index in [2.05, 4.69) is 62.3 Å². The summed E-state index contributed by atoms with van der Waals surface area (Å²) in [5, 5.41) is 0. The monoisotopic (exact) mass is 328 g/mol. The SMILES string of the molecule is CCC(C)CC.CCC(C)CC.CCCCCC(CC)CCC. The van der Waals surface area contributed by atoms with Crippen LogP contribution in [-0.2, 0) is 0 Å². The van der Waals surface area contributed by atoms with Crippen LogP contribution in [0.2, 0.25) is 0 Å². The van der Waals surface area contributed by atoms with E-state index in [4.69, 9.17) is 0 Å². The van der Waals surface area contributed by atoms with Crippen molar-refractivity contribution in [2.75, 3.05) is 0 Å². The van der Waals surface area contributed by atoms with Crippen LogP contribution in [0.3, 0.4) is 0 Å². The minimum Gasteiger partial charge on any atom is -0.0654 e. The van der Waals surface area contributed by atoms with Crippen molar-refractivity contribution in [3.8, 4) is 0 Å². The summed E-state index contributed by atoms with van der Waals surface area (Å²) >= 11 is 0. The minimum absolute atomic E-state index is 0.935. The van der Waals surface area contributed by atoms with Crippen molar-refractivity contribution in [1.29, 1.82) is 0 Å². The average Bonchev–Trinajstić information content (AvgIpc) is 2.60. The second kappa shape index (κ2) is 24.3. The maximum Gasteiger partial charge on any atom is -0.0417 e. The first kappa shape index (κ1) is 27.8. The van der Waals surface area contributed by atoms with Gasteiger partial charge in [0.2, 0.25) is 0 Å². The van der Waals surface area contributed by atoms with Gasteiger partial charge in [0.1, 0.15) is 0 Å². The molecule has 0 spiro atoms. The van der Waals surface area contributed by atoms with Crippen molar-refractivity contribution in [3.05, 3.63) is 0 Å². The number of unbranched alkanes of at least 4 members (excludes halogenated alkanes) is 2. The van der Waals surface area contributed by atoms with Gasteiger partial charge in [-0.1, -0.05) is 133 Å². The van der Waals surface area contributed by atoms with Crippen LogP contribution in [-0.4, -0.2) is 0 Å². The zero-order chi connectivity index (χ0) is 18.5. The van der Waals surface area contributed by atoms with Gasteiger partial charge in [0.05, 0.1) is 0 Å². The Labute approximate surface area is 151 Å². The number of rotatable bonds is 11. The second-order valence-electron chi connectivity index (χ2n) is 7.40. The molecule has 0 heteroatoms. The summed E-state index contributed by atoms with van der Waals surface area (Å²) in [6.07, 6.45) is 15.2. The molecule has 0 aromatic rings. The molecule has 0 bridgehead atoms. The highest BCUT2D eigenvalue weighted by atomic mass is 14.1. The molecule has 0 fully saturated rings. The average molecular weight is 329 g/mol. The molecule has 1 atom stereocenters. The van der Waals surface area contributed by atoms with Crippen molar-refractivity contribution >= 4 is 0 Å². The highest BCUT2D eigenvalue weighted by Gasteiger charge is 2.03. The molecular formula is C23H52. The lowest BCUT2D eigenvalue weighted by molar-refractivity contribution is 0.412. The van der Waals surface area contributed by atoms with Crippen LogP contribution >= 0.6 is 0 Å². The third-order valence-corrected chi connectivity index (χ3v) is 5.28. The molecular weight excluding hydrogens is 276 g/mol. The van der Waals surface area contributed by atoms with Gasteiger partial charge in [-0.05, 0) is 17.8 Å². The Morgan fingerprint density at radius 1 is 0.478 bits per heavy atom. The third kappa shape index (κ3) is 27.2. The predicted molar refractivity (Wildman–Crippen MR) is 112 cm³/mol. The van der Waals surface area contributed by atoms with E-state index in [9.17, 15) is 0 Å². The van der Waals surface area contributed by atoms with E-state index < -0.39 is 0 Å². The van der Waals surface area contributed by atoms with E-state index >= 15 is 0 Å². The molecule has 23 heavy (non-hydrogen) atoms. The van der Waals surface area contributed by atoms with Gasteiger partial charge in [-0.3, -0.25) is 0 Å². The smallest absolute Gasteiger partial charge is 0.0417 e. The van der Waals surface area contributed by atoms with E-state index in [1.807, 2.05) is 0 Å². The summed E-state index contributed by atoms with van der Waals surface area (Å²) in [7, 11) is 0. The van der Waals surface area contributed by atoms with E-state index in [0.717, 1.165) is 17.8 Å². The summed E-state index contributed by atoms with van der Waals surface area (Å²) in [4.78, 5) is 0. The van der Waals surface area contributed by atoms with Crippen molar-refractivity contribution in [2.45, 2.75) is 133 Å². The van der Waals surface area contributed by atoms with Gasteiger partial charge in [-0.2, -0.15) is 0 Å². The molecule has 0 radical (unpaired) electrons. The molecule has 0 aliphatic carbocycles. The lowest BCUT2D eigenvalue weighted by Gasteiger charge is -2.12. The van der Waals surface area contributed by atoms with Crippen LogP contribution in [0.25, 0.3) is 0 Å². The van der Waals surface area contributed by atoms with Gasteiger partial charge < -0.3 is 0 Å². The first-order valence-corrected chi connectivity index (χ1v) is 11.0. The van der Waals surface area contributed by atoms with Gasteiger partial charge in [-0.25, -0.2) is 0 Å². The van der Waals surface area contributed by atoms with E-state index in [-0.39, 0.29) is 0 Å². The first-order chi connectivity index (χ1) is 11.0. The molecule has 144 valence electrons. The molecule has 0 amide bonds. The van der Waals surface area contributed by atoms with Crippen molar-refractivity contribution in [3.63, 3.8) is 0 Å². The van der Waals surface area contributed by atoms with Gasteiger partial charge in [-0.15, -0.1) is 0 Å². The molecule has 0 N–H and O–H groups in total. The maximum absolute atomic E-state index is 2.33. The Morgan fingerprint density at radius 2 is 0.913 bits per heavy atom. The molecule has 0 heterocycles. The zero-order valence-electron chi connectivity index (χ0n) is 18.5. The van der Waals surface area contributed by atoms with Gasteiger partial charge >= 0.3 is 0 Å². The lowest BCUT2D eigenvalue weighted by atomic mass is 9.94. The van der Waals surface area contributed by atoms with Gasteiger partial charge in [0.15, 0.2) is 0 Å². The fourth-order valence-corrected chi connectivity index (χ4v) is 2.22. The Morgan fingerprint density at radius 3 is 1.13 bits per heavy atom. The molecule has 0 nitrogen and oxygen atoms in total. The molecule has 0 rings (SSSR count). The maximum atomic E-state index is 2.33. The van der Waals surface area contributed by atoms with E-state index in [1.165, 1.54) is 70.6 Å². The third-order valence-electron chi connectivity index (χ3n) is 5.28. The van der Waals surface area contributed by atoms with Crippen LogP contribution in [0, 0.1) is 17.8 Å². The summed E-state index contributed by atoms with van der Waals surface area (Å²) in [6.45, 7) is 20.4. The summed E-state index contributed by atoms with van der Waals surface area (Å²) in [5.74, 6) is 2.89. The van der Waals surface area contributed by atoms with Crippen molar-refractivity contribution in [2.24, 2.45) is 17.8 Å². The van der Waals surface area contributed by atoms with Crippen LogP contribution in [0.1, 0.15) is 133 Å². The largest absolute Gasteiger partial charge is 0.0654 e. The fourth-order valence-electron chi connectivity index (χ4n) is 2.22. The quantitative estimate of drug-likeness (QED) is 0.331. The lowest BCUT2D eigenvalue weighted by Crippen LogP contribution is -1.97. The molecule has 0 aliphatic heterocycles. The van der Waals surface area contributed by atoms with Crippen LogP contribution in [0.4, 0.5) is 0 Å². The van der Waals surface area contributed by atoms with Crippen molar-refractivity contribution in [1.82, 2.24) is 0 Å². The second-order valence-corrected chi connectivity index (χ2v) is 7.40. The molecule has 0 aromatic carbocycles. The normalized spacial score (nSPS) is 11.6.